The van der Waals surface area contributed by atoms with E-state index in [1.165, 1.54) is 0 Å². The predicted octanol–water partition coefficient (Wildman–Crippen LogP) is 0.469. The van der Waals surface area contributed by atoms with E-state index in [2.05, 4.69) is 10.6 Å². The molecule has 2 rings (SSSR count). The molecule has 4 N–H and O–H groups in total. The van der Waals surface area contributed by atoms with Crippen molar-refractivity contribution in [3.05, 3.63) is 0 Å². The fraction of sp³-hybridized carbons (Fsp3) is 0.857. The van der Waals surface area contributed by atoms with Crippen LogP contribution in [0.25, 0.3) is 0 Å². The maximum absolute atomic E-state index is 12.1. The third-order valence-corrected chi connectivity index (χ3v) is 4.55. The largest absolute Gasteiger partial charge is 0.481 e. The minimum absolute atomic E-state index is 0.0827. The van der Waals surface area contributed by atoms with E-state index < -0.39 is 29.6 Å². The van der Waals surface area contributed by atoms with E-state index in [0.29, 0.717) is 6.42 Å². The number of amides is 2. The number of aliphatic hydroxyl groups excluding tert-OH is 1. The van der Waals surface area contributed by atoms with Crippen LogP contribution >= 0.6 is 0 Å². The number of rotatable bonds is 3. The molecule has 21 heavy (non-hydrogen) atoms. The van der Waals surface area contributed by atoms with Crippen molar-refractivity contribution in [3.63, 3.8) is 0 Å². The average Bonchev–Trinajstić information content (AvgIpc) is 2.67. The average molecular weight is 300 g/mol. The summed E-state index contributed by atoms with van der Waals surface area (Å²) in [7, 11) is 0. The maximum atomic E-state index is 12.1. The van der Waals surface area contributed by atoms with Crippen molar-refractivity contribution in [3.8, 4) is 0 Å². The number of carboxylic acid groups (broad SMARTS) is 1. The molecule has 1 saturated heterocycles. The number of carbonyl (C=O) groups is 2. The van der Waals surface area contributed by atoms with Gasteiger partial charge in [0.05, 0.1) is 31.4 Å². The van der Waals surface area contributed by atoms with Gasteiger partial charge in [-0.15, -0.1) is 0 Å². The van der Waals surface area contributed by atoms with Gasteiger partial charge in [0.2, 0.25) is 0 Å². The molecule has 2 aliphatic rings. The van der Waals surface area contributed by atoms with Crippen molar-refractivity contribution >= 4 is 12.0 Å². The van der Waals surface area contributed by atoms with Crippen LogP contribution in [0.5, 0.6) is 0 Å². The number of nitrogens with one attached hydrogen (secondary N) is 2. The minimum Gasteiger partial charge on any atom is -0.481 e. The first-order valence-corrected chi connectivity index (χ1v) is 7.50. The minimum atomic E-state index is -1.11. The van der Waals surface area contributed by atoms with Gasteiger partial charge in [0, 0.05) is 0 Å². The van der Waals surface area contributed by atoms with Crippen molar-refractivity contribution < 1.29 is 24.5 Å². The Labute approximate surface area is 124 Å². The molecule has 2 fully saturated rings. The Kier molecular flexibility index (Phi) is 5.05. The Morgan fingerprint density at radius 1 is 1.19 bits per heavy atom. The van der Waals surface area contributed by atoms with E-state index in [9.17, 15) is 19.8 Å². The fourth-order valence-corrected chi connectivity index (χ4v) is 2.91. The molecule has 7 heteroatoms. The van der Waals surface area contributed by atoms with Gasteiger partial charge in [0.25, 0.3) is 0 Å². The normalized spacial score (nSPS) is 36.8. The molecule has 7 nitrogen and oxygen atoms in total. The summed E-state index contributed by atoms with van der Waals surface area (Å²) in [5.41, 5.74) is -1.11. The van der Waals surface area contributed by atoms with Crippen molar-refractivity contribution in [2.24, 2.45) is 5.41 Å². The summed E-state index contributed by atoms with van der Waals surface area (Å²) in [6, 6.07) is -1.28. The molecule has 0 bridgehead atoms. The molecule has 0 aromatic rings. The molecule has 1 heterocycles. The Morgan fingerprint density at radius 3 is 2.62 bits per heavy atom. The summed E-state index contributed by atoms with van der Waals surface area (Å²) in [5, 5.41) is 24.7. The number of hydrogen-bond acceptors (Lipinski definition) is 4. The standard InChI is InChI=1S/C14H24N2O5/c1-14(12(18)19)8-21-7-11(14)16-13(20)15-9-5-3-2-4-6-10(9)17/h9-11,17H,2-8H2,1H3,(H,18,19)(H2,15,16,20). The monoisotopic (exact) mass is 300 g/mol. The van der Waals surface area contributed by atoms with E-state index in [4.69, 9.17) is 4.74 Å². The Hall–Kier alpha value is -1.34. The molecule has 1 aliphatic carbocycles. The van der Waals surface area contributed by atoms with Gasteiger partial charge < -0.3 is 25.6 Å². The maximum Gasteiger partial charge on any atom is 0.315 e. The van der Waals surface area contributed by atoms with Gasteiger partial charge in [0.1, 0.15) is 5.41 Å². The van der Waals surface area contributed by atoms with Crippen LogP contribution in [0, 0.1) is 5.41 Å². The zero-order valence-electron chi connectivity index (χ0n) is 12.3. The zero-order valence-corrected chi connectivity index (χ0v) is 12.3. The quantitative estimate of drug-likeness (QED) is 0.567. The third kappa shape index (κ3) is 3.65. The van der Waals surface area contributed by atoms with Gasteiger partial charge in [-0.2, -0.15) is 0 Å². The van der Waals surface area contributed by atoms with Crippen molar-refractivity contribution in [1.29, 1.82) is 0 Å². The fourth-order valence-electron chi connectivity index (χ4n) is 2.91. The lowest BCUT2D eigenvalue weighted by Gasteiger charge is -2.27. The second-order valence-corrected chi connectivity index (χ2v) is 6.22. The summed E-state index contributed by atoms with van der Waals surface area (Å²) in [6.07, 6.45) is 3.89. The first-order valence-electron chi connectivity index (χ1n) is 7.50. The molecule has 0 aromatic carbocycles. The predicted molar refractivity (Wildman–Crippen MR) is 74.9 cm³/mol. The first-order chi connectivity index (χ1) is 9.93. The molecule has 4 atom stereocenters. The van der Waals surface area contributed by atoms with E-state index in [-0.39, 0.29) is 19.3 Å². The van der Waals surface area contributed by atoms with Crippen molar-refractivity contribution in [2.75, 3.05) is 13.2 Å². The summed E-state index contributed by atoms with van der Waals surface area (Å²) in [6.45, 7) is 1.83. The van der Waals surface area contributed by atoms with Crippen LogP contribution < -0.4 is 10.6 Å². The molecular formula is C14H24N2O5. The molecule has 0 spiro atoms. The third-order valence-electron chi connectivity index (χ3n) is 4.55. The van der Waals surface area contributed by atoms with Gasteiger partial charge in [0.15, 0.2) is 0 Å². The van der Waals surface area contributed by atoms with E-state index in [0.717, 1.165) is 25.7 Å². The van der Waals surface area contributed by atoms with Crippen LogP contribution in [0.4, 0.5) is 4.79 Å². The highest BCUT2D eigenvalue weighted by Crippen LogP contribution is 2.28. The van der Waals surface area contributed by atoms with Gasteiger partial charge in [-0.25, -0.2) is 4.79 Å². The van der Waals surface area contributed by atoms with Crippen LogP contribution in [-0.2, 0) is 9.53 Å². The van der Waals surface area contributed by atoms with E-state index in [1.54, 1.807) is 6.92 Å². The number of aliphatic hydroxyl groups is 1. The smallest absolute Gasteiger partial charge is 0.315 e. The van der Waals surface area contributed by atoms with Crippen LogP contribution in [0.15, 0.2) is 0 Å². The summed E-state index contributed by atoms with van der Waals surface area (Å²) < 4.78 is 5.19. The van der Waals surface area contributed by atoms with E-state index >= 15 is 0 Å². The summed E-state index contributed by atoms with van der Waals surface area (Å²) in [4.78, 5) is 23.4. The Bertz CT molecular complexity index is 403. The topological polar surface area (TPSA) is 108 Å². The van der Waals surface area contributed by atoms with Gasteiger partial charge in [-0.05, 0) is 19.8 Å². The number of carboxylic acids is 1. The van der Waals surface area contributed by atoms with Crippen LogP contribution in [0.2, 0.25) is 0 Å². The highest BCUT2D eigenvalue weighted by molar-refractivity contribution is 5.79. The van der Waals surface area contributed by atoms with E-state index in [1.807, 2.05) is 0 Å². The number of urea groups is 1. The second-order valence-electron chi connectivity index (χ2n) is 6.22. The molecular weight excluding hydrogens is 276 g/mol. The molecule has 0 aromatic heterocycles. The SMILES string of the molecule is CC1(C(=O)O)COCC1NC(=O)NC1CCCCCC1O. The summed E-state index contributed by atoms with van der Waals surface area (Å²) in [5.74, 6) is -0.986. The molecule has 4 unspecified atom stereocenters. The van der Waals surface area contributed by atoms with Gasteiger partial charge in [-0.1, -0.05) is 19.3 Å². The number of aliphatic carboxylic acids is 1. The highest BCUT2D eigenvalue weighted by Gasteiger charge is 2.47. The first kappa shape index (κ1) is 16.0. The molecule has 1 aliphatic heterocycles. The van der Waals surface area contributed by atoms with Gasteiger partial charge >= 0.3 is 12.0 Å². The van der Waals surface area contributed by atoms with Crippen LogP contribution in [0.1, 0.15) is 39.0 Å². The molecule has 120 valence electrons. The Morgan fingerprint density at radius 2 is 1.90 bits per heavy atom. The number of hydrogen-bond donors (Lipinski definition) is 4. The number of ether oxygens (including phenoxy) is 1. The second kappa shape index (κ2) is 6.62. The van der Waals surface area contributed by atoms with Crippen LogP contribution in [0.3, 0.4) is 0 Å². The van der Waals surface area contributed by atoms with Crippen molar-refractivity contribution in [2.45, 2.75) is 57.2 Å². The van der Waals surface area contributed by atoms with Crippen LogP contribution in [-0.4, -0.2) is 53.6 Å². The van der Waals surface area contributed by atoms with Crippen molar-refractivity contribution in [1.82, 2.24) is 10.6 Å². The molecule has 1 saturated carbocycles. The number of carbonyl (C=O) groups excluding carboxylic acids is 1. The lowest BCUT2D eigenvalue weighted by Crippen LogP contribution is -2.55. The molecule has 2 amide bonds. The Balaban J connectivity index is 1.90. The highest BCUT2D eigenvalue weighted by atomic mass is 16.5. The lowest BCUT2D eigenvalue weighted by molar-refractivity contribution is -0.148. The lowest BCUT2D eigenvalue weighted by atomic mass is 9.85. The zero-order chi connectivity index (χ0) is 15.5. The molecule has 0 radical (unpaired) electrons. The van der Waals surface area contributed by atoms with Gasteiger partial charge in [-0.3, -0.25) is 4.79 Å². The summed E-state index contributed by atoms with van der Waals surface area (Å²) >= 11 is 0.